The minimum atomic E-state index is -0.0295. The third kappa shape index (κ3) is 3.08. The number of para-hydroxylation sites is 1. The number of benzene rings is 1. The fraction of sp³-hybridized carbons (Fsp3) is 0.316. The lowest BCUT2D eigenvalue weighted by atomic mass is 10.2. The molecule has 2 aromatic heterocycles. The Labute approximate surface area is 151 Å². The number of aromatic amines is 1. The molecule has 26 heavy (non-hydrogen) atoms. The van der Waals surface area contributed by atoms with E-state index in [4.69, 9.17) is 4.74 Å². The quantitative estimate of drug-likeness (QED) is 0.781. The number of nitrogens with one attached hydrogen (secondary N) is 1. The van der Waals surface area contributed by atoms with Crippen LogP contribution < -0.4 is 9.64 Å². The first-order valence-electron chi connectivity index (χ1n) is 8.83. The van der Waals surface area contributed by atoms with E-state index in [2.05, 4.69) is 20.1 Å². The van der Waals surface area contributed by atoms with Gasteiger partial charge in [-0.1, -0.05) is 24.3 Å². The molecule has 1 aromatic carbocycles. The van der Waals surface area contributed by atoms with Gasteiger partial charge in [-0.2, -0.15) is 10.1 Å². The summed E-state index contributed by atoms with van der Waals surface area (Å²) in [5.41, 5.74) is 1.37. The summed E-state index contributed by atoms with van der Waals surface area (Å²) in [7, 11) is 0. The van der Waals surface area contributed by atoms with E-state index in [1.165, 1.54) is 0 Å². The van der Waals surface area contributed by atoms with Gasteiger partial charge in [-0.05, 0) is 19.1 Å². The highest BCUT2D eigenvalue weighted by molar-refractivity contribution is 6.04. The maximum absolute atomic E-state index is 12.8. The van der Waals surface area contributed by atoms with Gasteiger partial charge in [0.15, 0.2) is 5.69 Å². The van der Waals surface area contributed by atoms with E-state index >= 15 is 0 Å². The van der Waals surface area contributed by atoms with Gasteiger partial charge in [0, 0.05) is 37.6 Å². The fourth-order valence-corrected chi connectivity index (χ4v) is 3.22. The molecule has 1 fully saturated rings. The number of H-pyrrole nitrogens is 1. The van der Waals surface area contributed by atoms with Gasteiger partial charge < -0.3 is 14.5 Å². The summed E-state index contributed by atoms with van der Waals surface area (Å²) < 4.78 is 5.47. The van der Waals surface area contributed by atoms with Crippen LogP contribution in [0.15, 0.2) is 42.5 Å². The van der Waals surface area contributed by atoms with Gasteiger partial charge in [-0.15, -0.1) is 0 Å². The number of pyridine rings is 1. The number of hydrogen-bond donors (Lipinski definition) is 1. The Morgan fingerprint density at radius 2 is 1.92 bits per heavy atom. The highest BCUT2D eigenvalue weighted by Gasteiger charge is 2.25. The molecule has 7 nitrogen and oxygen atoms in total. The van der Waals surface area contributed by atoms with Crippen LogP contribution in [0.5, 0.6) is 5.88 Å². The van der Waals surface area contributed by atoms with Gasteiger partial charge in [-0.25, -0.2) is 0 Å². The number of rotatable bonds is 4. The number of anilines is 1. The molecule has 0 radical (unpaired) electrons. The minimum absolute atomic E-state index is 0.0295. The number of aromatic nitrogens is 3. The average molecular weight is 351 g/mol. The number of nitrogens with zero attached hydrogens (tertiary/aromatic N) is 4. The standard InChI is InChI=1S/C19H21N5O2/c1-2-26-17-9-5-8-16(20-17)23-10-12-24(13-11-23)19(25)18-14-6-3-4-7-15(14)21-22-18/h3-9H,2,10-13H2,1H3,(H,21,22). The maximum Gasteiger partial charge on any atom is 0.275 e. The molecule has 1 aliphatic heterocycles. The molecule has 1 N–H and O–H groups in total. The molecule has 0 atom stereocenters. The molecule has 0 bridgehead atoms. The summed E-state index contributed by atoms with van der Waals surface area (Å²) in [4.78, 5) is 21.4. The van der Waals surface area contributed by atoms with Crippen LogP contribution in [-0.4, -0.2) is 58.8 Å². The van der Waals surface area contributed by atoms with Crippen LogP contribution in [0.25, 0.3) is 10.9 Å². The third-order valence-electron chi connectivity index (χ3n) is 4.56. The third-order valence-corrected chi connectivity index (χ3v) is 4.56. The summed E-state index contributed by atoms with van der Waals surface area (Å²) in [5, 5.41) is 8.02. The highest BCUT2D eigenvalue weighted by atomic mass is 16.5. The molecule has 1 amide bonds. The zero-order valence-electron chi connectivity index (χ0n) is 14.7. The van der Waals surface area contributed by atoms with Crippen LogP contribution in [0.2, 0.25) is 0 Å². The molecule has 1 aliphatic rings. The Kier molecular flexibility index (Phi) is 4.43. The van der Waals surface area contributed by atoms with E-state index in [-0.39, 0.29) is 5.91 Å². The average Bonchev–Trinajstić information content (AvgIpc) is 3.12. The topological polar surface area (TPSA) is 74.3 Å². The van der Waals surface area contributed by atoms with Gasteiger partial charge in [0.1, 0.15) is 5.82 Å². The zero-order chi connectivity index (χ0) is 17.9. The number of piperazine rings is 1. The second-order valence-corrected chi connectivity index (χ2v) is 6.16. The monoisotopic (exact) mass is 351 g/mol. The van der Waals surface area contributed by atoms with E-state index in [0.717, 1.165) is 29.8 Å². The van der Waals surface area contributed by atoms with E-state index in [9.17, 15) is 4.79 Å². The largest absolute Gasteiger partial charge is 0.478 e. The Bertz CT molecular complexity index is 915. The summed E-state index contributed by atoms with van der Waals surface area (Å²) in [6.45, 7) is 5.28. The lowest BCUT2D eigenvalue weighted by molar-refractivity contribution is 0.0742. The highest BCUT2D eigenvalue weighted by Crippen LogP contribution is 2.20. The van der Waals surface area contributed by atoms with Crippen molar-refractivity contribution in [2.75, 3.05) is 37.7 Å². The van der Waals surface area contributed by atoms with Crippen molar-refractivity contribution in [3.63, 3.8) is 0 Å². The molecule has 0 saturated carbocycles. The molecule has 0 spiro atoms. The van der Waals surface area contributed by atoms with Crippen molar-refractivity contribution in [1.82, 2.24) is 20.1 Å². The summed E-state index contributed by atoms with van der Waals surface area (Å²) in [5.74, 6) is 1.48. The van der Waals surface area contributed by atoms with Crippen molar-refractivity contribution in [3.8, 4) is 5.88 Å². The van der Waals surface area contributed by atoms with Gasteiger partial charge in [0.05, 0.1) is 12.1 Å². The first-order valence-corrected chi connectivity index (χ1v) is 8.83. The van der Waals surface area contributed by atoms with Crippen molar-refractivity contribution < 1.29 is 9.53 Å². The SMILES string of the molecule is CCOc1cccc(N2CCN(C(=O)c3n[nH]c4ccccc34)CC2)n1. The minimum Gasteiger partial charge on any atom is -0.478 e. The molecule has 0 unspecified atom stereocenters. The van der Waals surface area contributed by atoms with Crippen LogP contribution in [0, 0.1) is 0 Å². The van der Waals surface area contributed by atoms with Gasteiger partial charge >= 0.3 is 0 Å². The lowest BCUT2D eigenvalue weighted by Crippen LogP contribution is -2.49. The Morgan fingerprint density at radius 3 is 2.73 bits per heavy atom. The number of carbonyl (C=O) groups excluding carboxylic acids is 1. The second-order valence-electron chi connectivity index (χ2n) is 6.16. The molecule has 1 saturated heterocycles. The van der Waals surface area contributed by atoms with Gasteiger partial charge in [0.2, 0.25) is 5.88 Å². The van der Waals surface area contributed by atoms with E-state index in [1.54, 1.807) is 0 Å². The van der Waals surface area contributed by atoms with Crippen LogP contribution >= 0.6 is 0 Å². The number of carbonyl (C=O) groups is 1. The van der Waals surface area contributed by atoms with E-state index in [0.29, 0.717) is 31.3 Å². The maximum atomic E-state index is 12.8. The van der Waals surface area contributed by atoms with Gasteiger partial charge in [-0.3, -0.25) is 9.89 Å². The molecule has 0 aliphatic carbocycles. The Morgan fingerprint density at radius 1 is 1.12 bits per heavy atom. The fourth-order valence-electron chi connectivity index (χ4n) is 3.22. The molecule has 4 rings (SSSR count). The second kappa shape index (κ2) is 7.03. The number of fused-ring (bicyclic) bond motifs is 1. The summed E-state index contributed by atoms with van der Waals surface area (Å²) >= 11 is 0. The Hall–Kier alpha value is -3.09. The lowest BCUT2D eigenvalue weighted by Gasteiger charge is -2.35. The van der Waals surface area contributed by atoms with Crippen molar-refractivity contribution in [2.24, 2.45) is 0 Å². The molecule has 7 heteroatoms. The van der Waals surface area contributed by atoms with Crippen LogP contribution in [0.1, 0.15) is 17.4 Å². The molecular weight excluding hydrogens is 330 g/mol. The van der Waals surface area contributed by atoms with E-state index < -0.39 is 0 Å². The Balaban J connectivity index is 1.45. The molecule has 3 aromatic rings. The predicted molar refractivity (Wildman–Crippen MR) is 99.6 cm³/mol. The van der Waals surface area contributed by atoms with Gasteiger partial charge in [0.25, 0.3) is 5.91 Å². The van der Waals surface area contributed by atoms with E-state index in [1.807, 2.05) is 54.3 Å². The normalized spacial score (nSPS) is 14.7. The molecule has 134 valence electrons. The first-order chi connectivity index (χ1) is 12.8. The van der Waals surface area contributed by atoms with Crippen molar-refractivity contribution >= 4 is 22.6 Å². The molecular formula is C19H21N5O2. The summed E-state index contributed by atoms with van der Waals surface area (Å²) in [6.07, 6.45) is 0. The van der Waals surface area contributed by atoms with Crippen LogP contribution in [0.3, 0.4) is 0 Å². The van der Waals surface area contributed by atoms with Crippen LogP contribution in [0.4, 0.5) is 5.82 Å². The van der Waals surface area contributed by atoms with Crippen molar-refractivity contribution in [2.45, 2.75) is 6.92 Å². The first kappa shape index (κ1) is 16.4. The van der Waals surface area contributed by atoms with Crippen molar-refractivity contribution in [3.05, 3.63) is 48.2 Å². The smallest absolute Gasteiger partial charge is 0.275 e. The number of amides is 1. The zero-order valence-corrected chi connectivity index (χ0v) is 14.7. The number of hydrogen-bond acceptors (Lipinski definition) is 5. The number of ether oxygens (including phenoxy) is 1. The summed E-state index contributed by atoms with van der Waals surface area (Å²) in [6, 6.07) is 13.5. The molecule has 3 heterocycles. The van der Waals surface area contributed by atoms with Crippen LogP contribution in [-0.2, 0) is 0 Å². The van der Waals surface area contributed by atoms with Crippen molar-refractivity contribution in [1.29, 1.82) is 0 Å². The predicted octanol–water partition coefficient (Wildman–Crippen LogP) is 2.32.